The number of aromatic carboxylic acids is 1. The number of carbonyl (C=O) groups is 1. The van der Waals surface area contributed by atoms with E-state index in [0.29, 0.717) is 11.5 Å². The van der Waals surface area contributed by atoms with Crippen LogP contribution in [-0.4, -0.2) is 30.9 Å². The first-order chi connectivity index (χ1) is 6.20. The van der Waals surface area contributed by atoms with E-state index in [1.54, 1.807) is 0 Å². The number of fused-ring (bicyclic) bond motifs is 1. The Morgan fingerprint density at radius 1 is 1.77 bits per heavy atom. The summed E-state index contributed by atoms with van der Waals surface area (Å²) in [5, 5.41) is 15.2. The van der Waals surface area contributed by atoms with Crippen molar-refractivity contribution in [2.75, 3.05) is 0 Å². The number of aromatic nitrogens is 4. The molecule has 0 aliphatic heterocycles. The highest BCUT2D eigenvalue weighted by Crippen LogP contribution is 2.04. The van der Waals surface area contributed by atoms with Crippen molar-refractivity contribution in [1.82, 2.24) is 19.8 Å². The van der Waals surface area contributed by atoms with E-state index in [4.69, 9.17) is 5.11 Å². The number of nitrogens with zero attached hydrogens (tertiary/aromatic N) is 3. The molecular weight excluding hydrogens is 172 g/mol. The number of aromatic amines is 1. The van der Waals surface area contributed by atoms with Crippen LogP contribution >= 0.6 is 0 Å². The minimum absolute atomic E-state index is 0.0950. The summed E-state index contributed by atoms with van der Waals surface area (Å²) >= 11 is 0. The fourth-order valence-corrected chi connectivity index (χ4v) is 1.08. The fraction of sp³-hybridized carbons (Fsp3) is 0.286. The van der Waals surface area contributed by atoms with Gasteiger partial charge in [0.15, 0.2) is 11.5 Å². The summed E-state index contributed by atoms with van der Waals surface area (Å²) in [6.45, 7) is 1.94. The van der Waals surface area contributed by atoms with Gasteiger partial charge in [0, 0.05) is 12.5 Å². The molecule has 0 bridgehead atoms. The van der Waals surface area contributed by atoms with Gasteiger partial charge in [-0.3, -0.25) is 5.10 Å². The zero-order valence-corrected chi connectivity index (χ0v) is 6.98. The fourth-order valence-electron chi connectivity index (χ4n) is 1.08. The van der Waals surface area contributed by atoms with Crippen molar-refractivity contribution in [2.45, 2.75) is 13.3 Å². The van der Waals surface area contributed by atoms with E-state index in [2.05, 4.69) is 15.2 Å². The lowest BCUT2D eigenvalue weighted by molar-refractivity contribution is 0.0690. The van der Waals surface area contributed by atoms with Crippen LogP contribution in [0.2, 0.25) is 0 Å². The third kappa shape index (κ3) is 1.16. The highest BCUT2D eigenvalue weighted by molar-refractivity contribution is 5.86. The first-order valence-electron chi connectivity index (χ1n) is 3.88. The summed E-state index contributed by atoms with van der Waals surface area (Å²) in [7, 11) is 0. The molecular formula is C7H8N4O2. The largest absolute Gasteiger partial charge is 0.477 e. The Morgan fingerprint density at radius 3 is 3.08 bits per heavy atom. The molecule has 13 heavy (non-hydrogen) atoms. The number of nitrogens with one attached hydrogen (secondary N) is 1. The Kier molecular flexibility index (Phi) is 1.54. The molecule has 0 saturated heterocycles. The highest BCUT2D eigenvalue weighted by Gasteiger charge is 2.10. The van der Waals surface area contributed by atoms with Gasteiger partial charge >= 0.3 is 5.97 Å². The van der Waals surface area contributed by atoms with Gasteiger partial charge in [-0.1, -0.05) is 6.92 Å². The van der Waals surface area contributed by atoms with Gasteiger partial charge in [-0.2, -0.15) is 4.63 Å². The summed E-state index contributed by atoms with van der Waals surface area (Å²) in [5.41, 5.74) is 0.631. The molecule has 2 aromatic rings. The van der Waals surface area contributed by atoms with Gasteiger partial charge in [0.05, 0.1) is 0 Å². The monoisotopic (exact) mass is 180 g/mol. The second-order valence-electron chi connectivity index (χ2n) is 2.63. The maximum atomic E-state index is 10.5. The Bertz CT molecular complexity index is 424. The minimum Gasteiger partial charge on any atom is -0.477 e. The van der Waals surface area contributed by atoms with Crippen molar-refractivity contribution in [3.05, 3.63) is 17.6 Å². The molecule has 0 saturated carbocycles. The lowest BCUT2D eigenvalue weighted by Crippen LogP contribution is -1.98. The van der Waals surface area contributed by atoms with Crippen LogP contribution in [0.3, 0.4) is 0 Å². The molecule has 0 aliphatic carbocycles. The molecule has 0 amide bonds. The number of carboxylic acids is 1. The van der Waals surface area contributed by atoms with E-state index in [9.17, 15) is 4.79 Å². The molecule has 0 fully saturated rings. The number of hydrogen-bond donors (Lipinski definition) is 2. The summed E-state index contributed by atoms with van der Waals surface area (Å²) in [4.78, 5) is 14.6. The van der Waals surface area contributed by atoms with Crippen LogP contribution in [0.15, 0.2) is 6.07 Å². The molecule has 2 aromatic heterocycles. The molecule has 6 heteroatoms. The predicted molar refractivity (Wildman–Crippen MR) is 43.7 cm³/mol. The smallest absolute Gasteiger partial charge is 0.353 e. The zero-order valence-electron chi connectivity index (χ0n) is 6.98. The van der Waals surface area contributed by atoms with Crippen LogP contribution in [0.5, 0.6) is 0 Å². The number of carboxylic acid groups (broad SMARTS) is 1. The van der Waals surface area contributed by atoms with E-state index in [1.807, 2.05) is 6.92 Å². The van der Waals surface area contributed by atoms with Gasteiger partial charge in [0.25, 0.3) is 0 Å². The first kappa shape index (κ1) is 7.78. The van der Waals surface area contributed by atoms with E-state index in [-0.39, 0.29) is 5.69 Å². The molecule has 2 N–H and O–H groups in total. The number of aryl methyl sites for hydroxylation is 1. The number of hydrogen-bond acceptors (Lipinski definition) is 3. The molecule has 0 spiro atoms. The summed E-state index contributed by atoms with van der Waals surface area (Å²) in [6.07, 6.45) is 0.734. The zero-order chi connectivity index (χ0) is 9.42. The standard InChI is InChI=1S/C7H8N4O2/c1-2-5-8-6-3-4(7(12)13)9-11(6)10-5/h3,9H,2H2,1H3,(H,12,13). The van der Waals surface area contributed by atoms with Gasteiger partial charge in [0.2, 0.25) is 0 Å². The van der Waals surface area contributed by atoms with Gasteiger partial charge in [-0.05, 0) is 0 Å². The Hall–Kier alpha value is -1.85. The van der Waals surface area contributed by atoms with Crippen LogP contribution in [0, 0.1) is 0 Å². The van der Waals surface area contributed by atoms with Gasteiger partial charge in [-0.25, -0.2) is 9.78 Å². The van der Waals surface area contributed by atoms with E-state index in [0.717, 1.165) is 6.42 Å². The second-order valence-corrected chi connectivity index (χ2v) is 2.63. The Balaban J connectivity index is 2.54. The van der Waals surface area contributed by atoms with Crippen LogP contribution in [-0.2, 0) is 6.42 Å². The van der Waals surface area contributed by atoms with Crippen LogP contribution in [0.4, 0.5) is 0 Å². The lowest BCUT2D eigenvalue weighted by Gasteiger charge is -1.84. The second kappa shape index (κ2) is 2.58. The lowest BCUT2D eigenvalue weighted by atomic mass is 10.4. The average Bonchev–Trinajstić information content (AvgIpc) is 2.58. The predicted octanol–water partition coefficient (Wildman–Crippen LogP) is 0.318. The van der Waals surface area contributed by atoms with Gasteiger partial charge in [0.1, 0.15) is 5.69 Å². The maximum absolute atomic E-state index is 10.5. The molecule has 0 aromatic carbocycles. The highest BCUT2D eigenvalue weighted by atomic mass is 16.4. The van der Waals surface area contributed by atoms with E-state index < -0.39 is 5.97 Å². The SMILES string of the molecule is CCc1nc2cc(C(=O)O)[nH]n2n1. The third-order valence-corrected chi connectivity index (χ3v) is 1.72. The van der Waals surface area contributed by atoms with E-state index >= 15 is 0 Å². The molecule has 68 valence electrons. The molecule has 0 unspecified atom stereocenters. The third-order valence-electron chi connectivity index (χ3n) is 1.72. The first-order valence-corrected chi connectivity index (χ1v) is 3.88. The van der Waals surface area contributed by atoms with Crippen molar-refractivity contribution < 1.29 is 9.90 Å². The maximum Gasteiger partial charge on any atom is 0.353 e. The van der Waals surface area contributed by atoms with E-state index in [1.165, 1.54) is 10.7 Å². The topological polar surface area (TPSA) is 83.3 Å². The van der Waals surface area contributed by atoms with Crippen molar-refractivity contribution >= 4 is 11.6 Å². The number of rotatable bonds is 2. The normalized spacial score (nSPS) is 10.8. The summed E-state index contributed by atoms with van der Waals surface area (Å²) < 4.78 is 1.36. The quantitative estimate of drug-likeness (QED) is 0.697. The molecule has 6 nitrogen and oxygen atoms in total. The van der Waals surface area contributed by atoms with Gasteiger partial charge < -0.3 is 5.11 Å². The average molecular weight is 180 g/mol. The van der Waals surface area contributed by atoms with Crippen molar-refractivity contribution in [1.29, 1.82) is 0 Å². The summed E-state index contributed by atoms with van der Waals surface area (Å²) in [5.74, 6) is -0.312. The minimum atomic E-state index is -1.01. The molecule has 0 aliphatic rings. The van der Waals surface area contributed by atoms with Crippen molar-refractivity contribution in [2.24, 2.45) is 0 Å². The van der Waals surface area contributed by atoms with Crippen molar-refractivity contribution in [3.63, 3.8) is 0 Å². The summed E-state index contributed by atoms with van der Waals surface area (Å²) in [6, 6.07) is 1.45. The van der Waals surface area contributed by atoms with Crippen LogP contribution in [0.25, 0.3) is 5.65 Å². The molecule has 0 atom stereocenters. The van der Waals surface area contributed by atoms with Crippen LogP contribution in [0.1, 0.15) is 23.2 Å². The molecule has 2 rings (SSSR count). The molecule has 0 radical (unpaired) electrons. The Morgan fingerprint density at radius 2 is 2.54 bits per heavy atom. The molecule has 2 heterocycles. The Labute approximate surface area is 73.2 Å². The van der Waals surface area contributed by atoms with Crippen molar-refractivity contribution in [3.8, 4) is 0 Å². The number of H-pyrrole nitrogens is 1. The van der Waals surface area contributed by atoms with Gasteiger partial charge in [-0.15, -0.1) is 5.10 Å². The van der Waals surface area contributed by atoms with Crippen LogP contribution < -0.4 is 0 Å².